The molecule has 4 aromatic rings. The lowest BCUT2D eigenvalue weighted by Crippen LogP contribution is -1.92. The lowest BCUT2D eigenvalue weighted by Gasteiger charge is -1.98. The lowest BCUT2D eigenvalue weighted by atomic mass is 10.2. The van der Waals surface area contributed by atoms with E-state index < -0.39 is 0 Å². The van der Waals surface area contributed by atoms with Crippen molar-refractivity contribution < 1.29 is 13.6 Å². The third-order valence-electron chi connectivity index (χ3n) is 3.56. The Labute approximate surface area is 133 Å². The number of para-hydroxylation sites is 1. The third kappa shape index (κ3) is 3.03. The van der Waals surface area contributed by atoms with Crippen molar-refractivity contribution in [2.24, 2.45) is 0 Å². The fraction of sp³-hybridized carbons (Fsp3) is 0.105. The van der Waals surface area contributed by atoms with E-state index in [0.29, 0.717) is 19.1 Å². The fourth-order valence-corrected chi connectivity index (χ4v) is 2.46. The summed E-state index contributed by atoms with van der Waals surface area (Å²) in [5.41, 5.74) is 1.87. The number of aromatic nitrogens is 1. The minimum Gasteiger partial charge on any atom is -0.459 e. The molecule has 0 aliphatic heterocycles. The van der Waals surface area contributed by atoms with Crippen molar-refractivity contribution >= 4 is 11.0 Å². The Balaban J connectivity index is 1.39. The fourth-order valence-electron chi connectivity index (χ4n) is 2.46. The Morgan fingerprint density at radius 2 is 1.70 bits per heavy atom. The lowest BCUT2D eigenvalue weighted by molar-refractivity contribution is 0.0786. The second kappa shape index (κ2) is 6.10. The van der Waals surface area contributed by atoms with Crippen molar-refractivity contribution in [1.29, 1.82) is 0 Å². The number of hydrogen-bond donors (Lipinski definition) is 0. The Bertz CT molecular complexity index is 875. The first-order chi connectivity index (χ1) is 11.4. The first-order valence-corrected chi connectivity index (χ1v) is 7.44. The zero-order valence-corrected chi connectivity index (χ0v) is 12.4. The highest BCUT2D eigenvalue weighted by molar-refractivity contribution is 5.77. The second-order valence-corrected chi connectivity index (χ2v) is 5.23. The van der Waals surface area contributed by atoms with Gasteiger partial charge < -0.3 is 13.6 Å². The minimum absolute atomic E-state index is 0.309. The van der Waals surface area contributed by atoms with E-state index in [1.165, 1.54) is 0 Å². The quantitative estimate of drug-likeness (QED) is 0.531. The minimum atomic E-state index is 0.309. The first kappa shape index (κ1) is 13.8. The predicted octanol–water partition coefficient (Wildman–Crippen LogP) is 4.80. The van der Waals surface area contributed by atoms with Crippen LogP contribution in [0, 0.1) is 0 Å². The largest absolute Gasteiger partial charge is 0.459 e. The maximum atomic E-state index is 5.70. The van der Waals surface area contributed by atoms with Crippen LogP contribution >= 0.6 is 0 Å². The van der Waals surface area contributed by atoms with Gasteiger partial charge in [0, 0.05) is 10.9 Å². The zero-order valence-electron chi connectivity index (χ0n) is 12.4. The maximum absolute atomic E-state index is 5.70. The first-order valence-electron chi connectivity index (χ1n) is 7.44. The summed E-state index contributed by atoms with van der Waals surface area (Å²) < 4.78 is 17.0. The molecule has 2 heterocycles. The zero-order chi connectivity index (χ0) is 15.5. The van der Waals surface area contributed by atoms with E-state index in [0.717, 1.165) is 28.1 Å². The molecule has 4 heteroatoms. The van der Waals surface area contributed by atoms with Crippen LogP contribution in [0.1, 0.15) is 11.7 Å². The predicted molar refractivity (Wildman–Crippen MR) is 86.6 cm³/mol. The highest BCUT2D eigenvalue weighted by Crippen LogP contribution is 2.21. The number of hydrogen-bond acceptors (Lipinski definition) is 4. The average molecular weight is 305 g/mol. The molecule has 0 amide bonds. The molecule has 0 N–H and O–H groups in total. The molecule has 114 valence electrons. The molecule has 0 saturated heterocycles. The highest BCUT2D eigenvalue weighted by atomic mass is 16.5. The van der Waals surface area contributed by atoms with Gasteiger partial charge in [0.05, 0.1) is 6.20 Å². The van der Waals surface area contributed by atoms with Gasteiger partial charge in [0.1, 0.15) is 24.6 Å². The Morgan fingerprint density at radius 1 is 0.870 bits per heavy atom. The van der Waals surface area contributed by atoms with Gasteiger partial charge in [-0.15, -0.1) is 0 Å². The van der Waals surface area contributed by atoms with Crippen LogP contribution in [0.4, 0.5) is 0 Å². The number of rotatable bonds is 5. The van der Waals surface area contributed by atoms with Crippen LogP contribution in [0.25, 0.3) is 22.3 Å². The van der Waals surface area contributed by atoms with E-state index in [4.69, 9.17) is 13.6 Å². The van der Waals surface area contributed by atoms with E-state index in [9.17, 15) is 0 Å². The average Bonchev–Trinajstić information content (AvgIpc) is 3.22. The van der Waals surface area contributed by atoms with Crippen molar-refractivity contribution in [2.45, 2.75) is 13.2 Å². The molecule has 0 fully saturated rings. The molecular weight excluding hydrogens is 290 g/mol. The third-order valence-corrected chi connectivity index (χ3v) is 3.56. The summed E-state index contributed by atoms with van der Waals surface area (Å²) in [7, 11) is 0. The van der Waals surface area contributed by atoms with Gasteiger partial charge in [-0.3, -0.25) is 0 Å². The summed E-state index contributed by atoms with van der Waals surface area (Å²) >= 11 is 0. The molecule has 0 spiro atoms. The molecule has 0 saturated carbocycles. The molecule has 23 heavy (non-hydrogen) atoms. The molecule has 0 aliphatic rings. The monoisotopic (exact) mass is 305 g/mol. The maximum Gasteiger partial charge on any atom is 0.220 e. The van der Waals surface area contributed by atoms with E-state index in [-0.39, 0.29) is 0 Å². The topological polar surface area (TPSA) is 48.4 Å². The molecule has 2 aromatic carbocycles. The molecule has 2 aromatic heterocycles. The number of nitrogens with zero attached hydrogens (tertiary/aromatic N) is 1. The van der Waals surface area contributed by atoms with Gasteiger partial charge in [-0.25, -0.2) is 4.98 Å². The van der Waals surface area contributed by atoms with Gasteiger partial charge in [-0.1, -0.05) is 48.5 Å². The summed E-state index contributed by atoms with van der Waals surface area (Å²) in [5, 5.41) is 1.08. The van der Waals surface area contributed by atoms with Crippen LogP contribution in [0.15, 0.2) is 75.7 Å². The number of fused-ring (bicyclic) bond motifs is 1. The van der Waals surface area contributed by atoms with Crippen LogP contribution < -0.4 is 0 Å². The molecule has 0 aliphatic carbocycles. The SMILES string of the molecule is c1ccc(-c2cnc(COCc3cc4ccccc4o3)o2)cc1. The van der Waals surface area contributed by atoms with Crippen LogP contribution in [-0.2, 0) is 18.0 Å². The molecule has 0 atom stereocenters. The second-order valence-electron chi connectivity index (χ2n) is 5.23. The van der Waals surface area contributed by atoms with E-state index in [2.05, 4.69) is 4.98 Å². The van der Waals surface area contributed by atoms with Gasteiger partial charge in [0.25, 0.3) is 0 Å². The standard InChI is InChI=1S/C19H15NO3/c1-2-6-14(7-3-1)18-11-20-19(23-18)13-21-12-16-10-15-8-4-5-9-17(15)22-16/h1-11H,12-13H2. The van der Waals surface area contributed by atoms with Gasteiger partial charge >= 0.3 is 0 Å². The van der Waals surface area contributed by atoms with Crippen molar-refractivity contribution in [1.82, 2.24) is 4.98 Å². The van der Waals surface area contributed by atoms with Crippen molar-refractivity contribution in [2.75, 3.05) is 0 Å². The summed E-state index contributed by atoms with van der Waals surface area (Å²) in [5.74, 6) is 2.09. The van der Waals surface area contributed by atoms with E-state index in [1.54, 1.807) is 6.20 Å². The van der Waals surface area contributed by atoms with Crippen LogP contribution in [0.3, 0.4) is 0 Å². The number of oxazole rings is 1. The summed E-state index contributed by atoms with van der Waals surface area (Å²) in [6, 6.07) is 19.8. The van der Waals surface area contributed by atoms with Crippen LogP contribution in [-0.4, -0.2) is 4.98 Å². The molecule has 0 radical (unpaired) electrons. The van der Waals surface area contributed by atoms with Gasteiger partial charge in [0.15, 0.2) is 5.76 Å². The van der Waals surface area contributed by atoms with Crippen molar-refractivity contribution in [3.8, 4) is 11.3 Å². The molecule has 0 unspecified atom stereocenters. The Morgan fingerprint density at radius 3 is 2.57 bits per heavy atom. The summed E-state index contributed by atoms with van der Waals surface area (Å²) in [6.45, 7) is 0.696. The Hall–Kier alpha value is -2.85. The van der Waals surface area contributed by atoms with Gasteiger partial charge in [0.2, 0.25) is 5.89 Å². The van der Waals surface area contributed by atoms with Gasteiger partial charge in [-0.05, 0) is 12.1 Å². The smallest absolute Gasteiger partial charge is 0.220 e. The molecule has 0 bridgehead atoms. The molecule has 4 rings (SSSR count). The number of benzene rings is 2. The van der Waals surface area contributed by atoms with E-state index in [1.807, 2.05) is 60.7 Å². The molecule has 4 nitrogen and oxygen atoms in total. The van der Waals surface area contributed by atoms with E-state index >= 15 is 0 Å². The van der Waals surface area contributed by atoms with Crippen molar-refractivity contribution in [3.63, 3.8) is 0 Å². The Kier molecular flexibility index (Phi) is 3.66. The van der Waals surface area contributed by atoms with Crippen LogP contribution in [0.5, 0.6) is 0 Å². The number of furan rings is 1. The highest BCUT2D eigenvalue weighted by Gasteiger charge is 2.07. The molecular formula is C19H15NO3. The van der Waals surface area contributed by atoms with Crippen LogP contribution in [0.2, 0.25) is 0 Å². The summed E-state index contributed by atoms with van der Waals surface area (Å²) in [4.78, 5) is 4.24. The van der Waals surface area contributed by atoms with Crippen molar-refractivity contribution in [3.05, 3.63) is 78.5 Å². The number of ether oxygens (including phenoxy) is 1. The normalized spacial score (nSPS) is 11.1. The van der Waals surface area contributed by atoms with Gasteiger partial charge in [-0.2, -0.15) is 0 Å². The summed E-state index contributed by atoms with van der Waals surface area (Å²) in [6.07, 6.45) is 1.72.